The Morgan fingerprint density at radius 3 is 2.09 bits per heavy atom. The van der Waals surface area contributed by atoms with Crippen LogP contribution in [-0.4, -0.2) is 56.1 Å². The van der Waals surface area contributed by atoms with Crippen molar-refractivity contribution in [3.05, 3.63) is 35.6 Å². The first-order valence-electron chi connectivity index (χ1n) is 7.30. The third-order valence-corrected chi connectivity index (χ3v) is 6.12. The largest absolute Gasteiger partial charge is 0.301 e. The molecule has 2 rings (SSSR count). The fourth-order valence-corrected chi connectivity index (χ4v) is 4.24. The van der Waals surface area contributed by atoms with Crippen molar-refractivity contribution >= 4 is 16.3 Å². The number of nitrogens with zero attached hydrogens (tertiary/aromatic N) is 2. The molecule has 7 heteroatoms. The predicted molar refractivity (Wildman–Crippen MR) is 82.4 cm³/mol. The maximum absolute atomic E-state index is 13.0. The molecule has 0 amide bonds. The highest BCUT2D eigenvalue weighted by Crippen LogP contribution is 2.25. The lowest BCUT2D eigenvalue weighted by atomic mass is 10.2. The molecule has 1 unspecified atom stereocenters. The van der Waals surface area contributed by atoms with Crippen molar-refractivity contribution in [3.63, 3.8) is 0 Å². The number of carbonyl (C=O) groups excluding carboxylic acids is 1. The standard InChI is InChI=1S/C15H21FN2O3S/c1-12(2)17-7-9-18(10-8-17)22(20,21)15(11-19)13-3-5-14(16)6-4-13/h3-6,11-12,15H,7-10H2,1-2H3. The topological polar surface area (TPSA) is 57.7 Å². The Balaban J connectivity index is 2.18. The number of sulfonamides is 1. The van der Waals surface area contributed by atoms with Gasteiger partial charge in [-0.3, -0.25) is 4.90 Å². The van der Waals surface area contributed by atoms with Crippen LogP contribution in [0.4, 0.5) is 4.39 Å². The summed E-state index contributed by atoms with van der Waals surface area (Å²) in [4.78, 5) is 13.5. The van der Waals surface area contributed by atoms with Gasteiger partial charge in [0, 0.05) is 32.2 Å². The van der Waals surface area contributed by atoms with Gasteiger partial charge in [0.1, 0.15) is 12.1 Å². The van der Waals surface area contributed by atoms with Crippen LogP contribution in [0, 0.1) is 5.82 Å². The first-order valence-corrected chi connectivity index (χ1v) is 8.80. The molecule has 1 aromatic rings. The minimum atomic E-state index is -3.77. The Morgan fingerprint density at radius 1 is 1.09 bits per heavy atom. The zero-order valence-electron chi connectivity index (χ0n) is 12.8. The van der Waals surface area contributed by atoms with E-state index in [9.17, 15) is 17.6 Å². The molecule has 0 aromatic heterocycles. The molecular weight excluding hydrogens is 307 g/mol. The monoisotopic (exact) mass is 328 g/mol. The van der Waals surface area contributed by atoms with Crippen molar-refractivity contribution in [2.24, 2.45) is 0 Å². The van der Waals surface area contributed by atoms with Crippen molar-refractivity contribution < 1.29 is 17.6 Å². The second-order valence-corrected chi connectivity index (χ2v) is 7.74. The van der Waals surface area contributed by atoms with Crippen LogP contribution in [0.5, 0.6) is 0 Å². The summed E-state index contributed by atoms with van der Waals surface area (Å²) < 4.78 is 39.6. The summed E-state index contributed by atoms with van der Waals surface area (Å²) in [5.41, 5.74) is 0.294. The predicted octanol–water partition coefficient (Wildman–Crippen LogP) is 1.42. The van der Waals surface area contributed by atoms with Gasteiger partial charge in [-0.15, -0.1) is 0 Å². The van der Waals surface area contributed by atoms with Crippen LogP contribution in [0.2, 0.25) is 0 Å². The van der Waals surface area contributed by atoms with Crippen molar-refractivity contribution in [1.29, 1.82) is 0 Å². The van der Waals surface area contributed by atoms with Crippen LogP contribution in [0.1, 0.15) is 24.7 Å². The summed E-state index contributed by atoms with van der Waals surface area (Å²) in [7, 11) is -3.77. The first-order chi connectivity index (χ1) is 10.4. The van der Waals surface area contributed by atoms with Gasteiger partial charge in [-0.1, -0.05) is 12.1 Å². The molecule has 5 nitrogen and oxygen atoms in total. The van der Waals surface area contributed by atoms with Crippen LogP contribution in [0.15, 0.2) is 24.3 Å². The van der Waals surface area contributed by atoms with E-state index in [4.69, 9.17) is 0 Å². The molecule has 0 radical (unpaired) electrons. The molecular formula is C15H21FN2O3S. The SMILES string of the molecule is CC(C)N1CCN(S(=O)(=O)C(C=O)c2ccc(F)cc2)CC1. The molecule has 0 saturated carbocycles. The Morgan fingerprint density at radius 2 is 1.64 bits per heavy atom. The third kappa shape index (κ3) is 3.53. The van der Waals surface area contributed by atoms with E-state index in [1.807, 2.05) is 0 Å². The van der Waals surface area contributed by atoms with Crippen LogP contribution in [-0.2, 0) is 14.8 Å². The quantitative estimate of drug-likeness (QED) is 0.767. The average Bonchev–Trinajstić information content (AvgIpc) is 2.50. The van der Waals surface area contributed by atoms with Crippen LogP contribution in [0.25, 0.3) is 0 Å². The maximum atomic E-state index is 13.0. The van der Waals surface area contributed by atoms with E-state index in [2.05, 4.69) is 18.7 Å². The molecule has 0 bridgehead atoms. The third-order valence-electron chi connectivity index (χ3n) is 4.01. The second-order valence-electron chi connectivity index (χ2n) is 5.68. The van der Waals surface area contributed by atoms with Crippen molar-refractivity contribution in [1.82, 2.24) is 9.21 Å². The van der Waals surface area contributed by atoms with Gasteiger partial charge in [0.05, 0.1) is 0 Å². The van der Waals surface area contributed by atoms with Gasteiger partial charge >= 0.3 is 0 Å². The summed E-state index contributed by atoms with van der Waals surface area (Å²) in [5.74, 6) is -0.462. The molecule has 122 valence electrons. The zero-order valence-corrected chi connectivity index (χ0v) is 13.6. The summed E-state index contributed by atoms with van der Waals surface area (Å²) in [6, 6.07) is 5.38. The number of hydrogen-bond donors (Lipinski definition) is 0. The Labute approximate surface area is 130 Å². The van der Waals surface area contributed by atoms with Gasteiger partial charge in [0.25, 0.3) is 0 Å². The number of halogens is 1. The molecule has 1 aromatic carbocycles. The summed E-state index contributed by atoms with van der Waals surface area (Å²) in [6.07, 6.45) is 0.414. The van der Waals surface area contributed by atoms with Gasteiger partial charge in [-0.05, 0) is 31.5 Å². The lowest BCUT2D eigenvalue weighted by molar-refractivity contribution is -0.107. The van der Waals surface area contributed by atoms with Gasteiger partial charge in [-0.25, -0.2) is 12.8 Å². The number of piperazine rings is 1. The van der Waals surface area contributed by atoms with E-state index < -0.39 is 21.1 Å². The zero-order chi connectivity index (χ0) is 16.3. The molecule has 0 spiro atoms. The van der Waals surface area contributed by atoms with Gasteiger partial charge in [0.2, 0.25) is 10.0 Å². The highest BCUT2D eigenvalue weighted by molar-refractivity contribution is 7.90. The van der Waals surface area contributed by atoms with E-state index in [1.54, 1.807) is 0 Å². The van der Waals surface area contributed by atoms with Gasteiger partial charge in [-0.2, -0.15) is 4.31 Å². The average molecular weight is 328 g/mol. The molecule has 1 atom stereocenters. The van der Waals surface area contributed by atoms with E-state index in [0.717, 1.165) is 12.1 Å². The van der Waals surface area contributed by atoms with E-state index in [-0.39, 0.29) is 0 Å². The minimum Gasteiger partial charge on any atom is -0.301 e. The highest BCUT2D eigenvalue weighted by atomic mass is 32.2. The van der Waals surface area contributed by atoms with Crippen molar-refractivity contribution in [3.8, 4) is 0 Å². The molecule has 1 aliphatic heterocycles. The molecule has 0 N–H and O–H groups in total. The fraction of sp³-hybridized carbons (Fsp3) is 0.533. The first kappa shape index (κ1) is 17.1. The molecule has 1 aliphatic rings. The molecule has 1 heterocycles. The Kier molecular flexibility index (Phi) is 5.31. The highest BCUT2D eigenvalue weighted by Gasteiger charge is 2.35. The minimum absolute atomic E-state index is 0.294. The summed E-state index contributed by atoms with van der Waals surface area (Å²) in [6.45, 7) is 6.16. The molecule has 1 fully saturated rings. The Bertz CT molecular complexity index is 608. The van der Waals surface area contributed by atoms with E-state index in [0.29, 0.717) is 44.1 Å². The smallest absolute Gasteiger partial charge is 0.228 e. The second kappa shape index (κ2) is 6.85. The molecule has 0 aliphatic carbocycles. The number of benzene rings is 1. The van der Waals surface area contributed by atoms with E-state index in [1.165, 1.54) is 16.4 Å². The Hall–Kier alpha value is -1.31. The number of rotatable bonds is 5. The van der Waals surface area contributed by atoms with E-state index >= 15 is 0 Å². The van der Waals surface area contributed by atoms with Gasteiger partial charge in [0.15, 0.2) is 5.25 Å². The number of aldehydes is 1. The van der Waals surface area contributed by atoms with Gasteiger partial charge < -0.3 is 4.79 Å². The van der Waals surface area contributed by atoms with Crippen LogP contribution < -0.4 is 0 Å². The fourth-order valence-electron chi connectivity index (χ4n) is 2.61. The number of carbonyl (C=O) groups is 1. The number of hydrogen-bond acceptors (Lipinski definition) is 4. The lowest BCUT2D eigenvalue weighted by Gasteiger charge is -2.37. The maximum Gasteiger partial charge on any atom is 0.228 e. The lowest BCUT2D eigenvalue weighted by Crippen LogP contribution is -2.51. The van der Waals surface area contributed by atoms with Crippen molar-refractivity contribution in [2.45, 2.75) is 25.1 Å². The molecule has 1 saturated heterocycles. The summed E-state index contributed by atoms with van der Waals surface area (Å²) >= 11 is 0. The summed E-state index contributed by atoms with van der Waals surface area (Å²) in [5, 5.41) is -1.28. The molecule has 22 heavy (non-hydrogen) atoms. The van der Waals surface area contributed by atoms with Crippen LogP contribution in [0.3, 0.4) is 0 Å². The van der Waals surface area contributed by atoms with Crippen molar-refractivity contribution in [2.75, 3.05) is 26.2 Å². The van der Waals surface area contributed by atoms with Crippen LogP contribution >= 0.6 is 0 Å². The normalized spacial score (nSPS) is 19.3.